The highest BCUT2D eigenvalue weighted by Crippen LogP contribution is 2.11. The fourth-order valence-corrected chi connectivity index (χ4v) is 2.48. The Kier molecular flexibility index (Phi) is 5.67. The van der Waals surface area contributed by atoms with Crippen LogP contribution < -0.4 is 10.6 Å². The van der Waals surface area contributed by atoms with Crippen molar-refractivity contribution < 1.29 is 4.79 Å². The van der Waals surface area contributed by atoms with Gasteiger partial charge in [-0.25, -0.2) is 0 Å². The number of benzene rings is 1. The maximum atomic E-state index is 11.9. The third-order valence-corrected chi connectivity index (χ3v) is 3.73. The molecule has 0 spiro atoms. The first-order valence-electron chi connectivity index (χ1n) is 7.01. The molecular weight excluding hydrogens is 260 g/mol. The van der Waals surface area contributed by atoms with Crippen molar-refractivity contribution in [2.45, 2.75) is 38.1 Å². The van der Waals surface area contributed by atoms with E-state index >= 15 is 0 Å². The van der Waals surface area contributed by atoms with E-state index in [0.717, 1.165) is 43.8 Å². The number of aryl methyl sites for hydroxylation is 1. The van der Waals surface area contributed by atoms with Gasteiger partial charge in [0, 0.05) is 11.6 Å². The van der Waals surface area contributed by atoms with Gasteiger partial charge in [-0.1, -0.05) is 30.2 Å². The van der Waals surface area contributed by atoms with Crippen LogP contribution in [0.4, 0.5) is 0 Å². The second-order valence-electron chi connectivity index (χ2n) is 5.02. The second kappa shape index (κ2) is 7.51. The van der Waals surface area contributed by atoms with Crippen LogP contribution in [-0.4, -0.2) is 25.0 Å². The summed E-state index contributed by atoms with van der Waals surface area (Å²) in [6.07, 6.45) is 5.22. The average molecular weight is 281 g/mol. The Morgan fingerprint density at radius 3 is 2.79 bits per heavy atom. The van der Waals surface area contributed by atoms with E-state index in [0.29, 0.717) is 0 Å². The van der Waals surface area contributed by atoms with E-state index in [2.05, 4.69) is 10.6 Å². The van der Waals surface area contributed by atoms with Crippen molar-refractivity contribution >= 4 is 17.5 Å². The molecule has 1 atom stereocenters. The molecule has 1 saturated heterocycles. The van der Waals surface area contributed by atoms with Crippen LogP contribution in [0.5, 0.6) is 0 Å². The quantitative estimate of drug-likeness (QED) is 0.814. The van der Waals surface area contributed by atoms with Crippen LogP contribution in [0.1, 0.15) is 31.2 Å². The van der Waals surface area contributed by atoms with Crippen molar-refractivity contribution in [1.82, 2.24) is 10.6 Å². The Morgan fingerprint density at radius 2 is 2.11 bits per heavy atom. The Bertz CT molecular complexity index is 399. The van der Waals surface area contributed by atoms with Gasteiger partial charge in [-0.3, -0.25) is 4.79 Å². The minimum Gasteiger partial charge on any atom is -0.355 e. The molecular formula is C15H21ClN2O. The van der Waals surface area contributed by atoms with Crippen molar-refractivity contribution in [2.24, 2.45) is 0 Å². The van der Waals surface area contributed by atoms with E-state index in [9.17, 15) is 4.79 Å². The Balaban J connectivity index is 1.63. The van der Waals surface area contributed by atoms with Gasteiger partial charge in [0.1, 0.15) is 0 Å². The summed E-state index contributed by atoms with van der Waals surface area (Å²) < 4.78 is 0. The number of hydrogen-bond donors (Lipinski definition) is 2. The molecule has 0 aliphatic carbocycles. The van der Waals surface area contributed by atoms with E-state index in [-0.39, 0.29) is 11.9 Å². The Hall–Kier alpha value is -1.06. The monoisotopic (exact) mass is 280 g/mol. The molecule has 0 saturated carbocycles. The highest BCUT2D eigenvalue weighted by atomic mass is 35.5. The molecule has 0 bridgehead atoms. The molecule has 0 aromatic heterocycles. The van der Waals surface area contributed by atoms with Crippen LogP contribution in [0.15, 0.2) is 24.3 Å². The standard InChI is InChI=1S/C15H21ClN2O/c16-13-8-6-12(7-9-13)4-3-11-18-15(19)14-5-1-2-10-17-14/h6-9,14,17H,1-5,10-11H2,(H,18,19). The second-order valence-corrected chi connectivity index (χ2v) is 5.46. The van der Waals surface area contributed by atoms with E-state index in [1.54, 1.807) is 0 Å². The lowest BCUT2D eigenvalue weighted by atomic mass is 10.0. The zero-order valence-corrected chi connectivity index (χ0v) is 11.9. The fourth-order valence-electron chi connectivity index (χ4n) is 2.35. The molecule has 1 amide bonds. The molecule has 3 nitrogen and oxygen atoms in total. The zero-order chi connectivity index (χ0) is 13.5. The SMILES string of the molecule is O=C(NCCCc1ccc(Cl)cc1)C1CCCCN1. The lowest BCUT2D eigenvalue weighted by Gasteiger charge is -2.22. The number of carbonyl (C=O) groups is 1. The lowest BCUT2D eigenvalue weighted by molar-refractivity contribution is -0.123. The third kappa shape index (κ3) is 4.84. The van der Waals surface area contributed by atoms with Crippen molar-refractivity contribution in [3.05, 3.63) is 34.9 Å². The molecule has 104 valence electrons. The third-order valence-electron chi connectivity index (χ3n) is 3.48. The summed E-state index contributed by atoms with van der Waals surface area (Å²) in [5.74, 6) is 0.149. The summed E-state index contributed by atoms with van der Waals surface area (Å²) in [6.45, 7) is 1.70. The summed E-state index contributed by atoms with van der Waals surface area (Å²) in [6, 6.07) is 7.90. The van der Waals surface area contributed by atoms with Crippen molar-refractivity contribution in [2.75, 3.05) is 13.1 Å². The molecule has 1 aliphatic rings. The van der Waals surface area contributed by atoms with Gasteiger partial charge in [0.15, 0.2) is 0 Å². The summed E-state index contributed by atoms with van der Waals surface area (Å²) in [4.78, 5) is 11.9. The molecule has 4 heteroatoms. The van der Waals surface area contributed by atoms with Gasteiger partial charge in [0.05, 0.1) is 6.04 Å². The van der Waals surface area contributed by atoms with E-state index in [1.165, 1.54) is 12.0 Å². The number of piperidine rings is 1. The largest absolute Gasteiger partial charge is 0.355 e. The Morgan fingerprint density at radius 1 is 1.32 bits per heavy atom. The van der Waals surface area contributed by atoms with Crippen LogP contribution in [0.2, 0.25) is 5.02 Å². The van der Waals surface area contributed by atoms with Crippen LogP contribution in [0.3, 0.4) is 0 Å². The maximum Gasteiger partial charge on any atom is 0.237 e. The lowest BCUT2D eigenvalue weighted by Crippen LogP contribution is -2.46. The van der Waals surface area contributed by atoms with Gasteiger partial charge in [-0.15, -0.1) is 0 Å². The summed E-state index contributed by atoms with van der Waals surface area (Å²) >= 11 is 5.84. The number of rotatable bonds is 5. The normalized spacial score (nSPS) is 19.1. The van der Waals surface area contributed by atoms with Crippen LogP contribution in [-0.2, 0) is 11.2 Å². The van der Waals surface area contributed by atoms with Crippen molar-refractivity contribution in [1.29, 1.82) is 0 Å². The zero-order valence-electron chi connectivity index (χ0n) is 11.1. The molecule has 1 unspecified atom stereocenters. The van der Waals surface area contributed by atoms with Gasteiger partial charge in [-0.05, 0) is 49.9 Å². The minimum absolute atomic E-state index is 0.0179. The summed E-state index contributed by atoms with van der Waals surface area (Å²) in [7, 11) is 0. The number of nitrogens with one attached hydrogen (secondary N) is 2. The first-order valence-corrected chi connectivity index (χ1v) is 7.39. The predicted molar refractivity (Wildman–Crippen MR) is 78.4 cm³/mol. The molecule has 1 fully saturated rings. The maximum absolute atomic E-state index is 11.9. The summed E-state index contributed by atoms with van der Waals surface area (Å²) in [5.41, 5.74) is 1.26. The van der Waals surface area contributed by atoms with Gasteiger partial charge < -0.3 is 10.6 Å². The van der Waals surface area contributed by atoms with Gasteiger partial charge in [0.25, 0.3) is 0 Å². The first kappa shape index (κ1) is 14.4. The van der Waals surface area contributed by atoms with E-state index < -0.39 is 0 Å². The van der Waals surface area contributed by atoms with Crippen LogP contribution in [0, 0.1) is 0 Å². The predicted octanol–water partition coefficient (Wildman–Crippen LogP) is 2.53. The summed E-state index contributed by atoms with van der Waals surface area (Å²) in [5, 5.41) is 7.03. The van der Waals surface area contributed by atoms with Crippen molar-refractivity contribution in [3.8, 4) is 0 Å². The van der Waals surface area contributed by atoms with E-state index in [4.69, 9.17) is 11.6 Å². The van der Waals surface area contributed by atoms with Gasteiger partial charge in [0.2, 0.25) is 5.91 Å². The van der Waals surface area contributed by atoms with Crippen molar-refractivity contribution in [3.63, 3.8) is 0 Å². The molecule has 0 radical (unpaired) electrons. The smallest absolute Gasteiger partial charge is 0.237 e. The topological polar surface area (TPSA) is 41.1 Å². The van der Waals surface area contributed by atoms with Gasteiger partial charge in [-0.2, -0.15) is 0 Å². The first-order chi connectivity index (χ1) is 9.25. The Labute approximate surface area is 119 Å². The van der Waals surface area contributed by atoms with Crippen LogP contribution >= 0.6 is 11.6 Å². The number of halogens is 1. The van der Waals surface area contributed by atoms with E-state index in [1.807, 2.05) is 24.3 Å². The highest BCUT2D eigenvalue weighted by molar-refractivity contribution is 6.30. The highest BCUT2D eigenvalue weighted by Gasteiger charge is 2.19. The van der Waals surface area contributed by atoms with Gasteiger partial charge >= 0.3 is 0 Å². The molecule has 2 N–H and O–H groups in total. The van der Waals surface area contributed by atoms with Crippen LogP contribution in [0.25, 0.3) is 0 Å². The number of hydrogen-bond acceptors (Lipinski definition) is 2. The fraction of sp³-hybridized carbons (Fsp3) is 0.533. The molecule has 1 heterocycles. The average Bonchev–Trinajstić information content (AvgIpc) is 2.46. The molecule has 2 rings (SSSR count). The molecule has 1 aliphatic heterocycles. The molecule has 19 heavy (non-hydrogen) atoms. The molecule has 1 aromatic carbocycles. The number of carbonyl (C=O) groups excluding carboxylic acids is 1. The molecule has 1 aromatic rings. The number of amides is 1. The minimum atomic E-state index is 0.0179.